The molecule has 2 aliphatic heterocycles. The number of pyridine rings is 1. The van der Waals surface area contributed by atoms with Gasteiger partial charge >= 0.3 is 0 Å². The van der Waals surface area contributed by atoms with E-state index in [0.29, 0.717) is 19.0 Å². The number of hydrogen-bond donors (Lipinski definition) is 0. The zero-order valence-electron chi connectivity index (χ0n) is 14.0. The second kappa shape index (κ2) is 7.37. The van der Waals surface area contributed by atoms with E-state index in [0.717, 1.165) is 31.4 Å². The Kier molecular flexibility index (Phi) is 4.81. The van der Waals surface area contributed by atoms with Crippen LogP contribution in [0.5, 0.6) is 0 Å². The molecule has 0 aliphatic carbocycles. The average molecular weight is 342 g/mol. The molecule has 2 saturated heterocycles. The summed E-state index contributed by atoms with van der Waals surface area (Å²) in [5, 5.41) is 0. The highest BCUT2D eigenvalue weighted by molar-refractivity contribution is 5.91. The minimum Gasteiger partial charge on any atom is -0.459 e. The zero-order valence-corrected chi connectivity index (χ0v) is 14.0. The summed E-state index contributed by atoms with van der Waals surface area (Å²) in [6.07, 6.45) is 8.01. The largest absolute Gasteiger partial charge is 0.459 e. The summed E-state index contributed by atoms with van der Waals surface area (Å²) in [4.78, 5) is 18.5. The average Bonchev–Trinajstić information content (AvgIpc) is 3.32. The number of amides is 1. The minimum atomic E-state index is -0.0348. The fourth-order valence-electron chi connectivity index (χ4n) is 3.71. The molecule has 2 aliphatic rings. The number of carbonyl (C=O) groups is 1. The summed E-state index contributed by atoms with van der Waals surface area (Å²) in [7, 11) is 0. The molecule has 2 aromatic rings. The van der Waals surface area contributed by atoms with Gasteiger partial charge in [0.2, 0.25) is 0 Å². The molecule has 3 atom stereocenters. The number of rotatable bonds is 5. The van der Waals surface area contributed by atoms with Gasteiger partial charge in [0.25, 0.3) is 5.91 Å². The van der Waals surface area contributed by atoms with Gasteiger partial charge in [-0.2, -0.15) is 0 Å². The number of hydrogen-bond acceptors (Lipinski definition) is 5. The molecule has 25 heavy (non-hydrogen) atoms. The van der Waals surface area contributed by atoms with E-state index in [2.05, 4.69) is 4.98 Å². The summed E-state index contributed by atoms with van der Waals surface area (Å²) < 4.78 is 17.2. The van der Waals surface area contributed by atoms with Crippen LogP contribution in [0.15, 0.2) is 47.3 Å². The molecule has 2 aromatic heterocycles. The number of furan rings is 1. The highest BCUT2D eigenvalue weighted by Crippen LogP contribution is 2.32. The second-order valence-electron chi connectivity index (χ2n) is 6.58. The Labute approximate surface area is 146 Å². The summed E-state index contributed by atoms with van der Waals surface area (Å²) in [6, 6.07) is 7.51. The van der Waals surface area contributed by atoms with Crippen LogP contribution < -0.4 is 0 Å². The van der Waals surface area contributed by atoms with Gasteiger partial charge in [0.15, 0.2) is 5.76 Å². The lowest BCUT2D eigenvalue weighted by Crippen LogP contribution is -2.45. The van der Waals surface area contributed by atoms with Crippen LogP contribution in [0.25, 0.3) is 0 Å². The van der Waals surface area contributed by atoms with Crippen molar-refractivity contribution >= 4 is 5.91 Å². The van der Waals surface area contributed by atoms with Crippen LogP contribution in [0.2, 0.25) is 0 Å². The van der Waals surface area contributed by atoms with Crippen molar-refractivity contribution in [3.63, 3.8) is 0 Å². The Morgan fingerprint density at radius 2 is 2.24 bits per heavy atom. The van der Waals surface area contributed by atoms with E-state index in [1.807, 2.05) is 23.2 Å². The molecule has 0 aromatic carbocycles. The van der Waals surface area contributed by atoms with Gasteiger partial charge in [-0.15, -0.1) is 0 Å². The molecule has 0 N–H and O–H groups in total. The highest BCUT2D eigenvalue weighted by atomic mass is 16.5. The van der Waals surface area contributed by atoms with E-state index in [1.54, 1.807) is 18.3 Å². The van der Waals surface area contributed by atoms with Gasteiger partial charge in [-0.1, -0.05) is 6.07 Å². The molecule has 1 unspecified atom stereocenters. The number of nitrogens with zero attached hydrogens (tertiary/aromatic N) is 2. The normalized spacial score (nSPS) is 25.8. The first-order valence-corrected chi connectivity index (χ1v) is 8.78. The standard InChI is InChI=1S/C19H22N2O4/c22-19(18-4-2-10-24-18)21-9-7-17-16(21)6-5-15(25-17)13-23-12-14-3-1-8-20-11-14/h1-4,8,10-11,15-17H,5-7,9,12-13H2/t15?,16-,17-/m0/s1. The summed E-state index contributed by atoms with van der Waals surface area (Å²) in [6.45, 7) is 1.84. The van der Waals surface area contributed by atoms with Crippen LogP contribution in [0.4, 0.5) is 0 Å². The molecule has 4 rings (SSSR count). The lowest BCUT2D eigenvalue weighted by molar-refractivity contribution is -0.0988. The topological polar surface area (TPSA) is 64.8 Å². The molecule has 0 bridgehead atoms. The highest BCUT2D eigenvalue weighted by Gasteiger charge is 2.42. The summed E-state index contributed by atoms with van der Waals surface area (Å²) in [5.41, 5.74) is 1.06. The first-order valence-electron chi connectivity index (χ1n) is 8.78. The van der Waals surface area contributed by atoms with Crippen LogP contribution in [0.3, 0.4) is 0 Å². The van der Waals surface area contributed by atoms with Gasteiger partial charge in [0.1, 0.15) is 0 Å². The maximum absolute atomic E-state index is 12.5. The fraction of sp³-hybridized carbons (Fsp3) is 0.474. The third-order valence-corrected chi connectivity index (χ3v) is 4.92. The summed E-state index contributed by atoms with van der Waals surface area (Å²) in [5.74, 6) is 0.370. The number of likely N-dealkylation sites (tertiary alicyclic amines) is 1. The Morgan fingerprint density at radius 3 is 3.04 bits per heavy atom. The monoisotopic (exact) mass is 342 g/mol. The Morgan fingerprint density at radius 1 is 1.28 bits per heavy atom. The lowest BCUT2D eigenvalue weighted by atomic mass is 9.99. The molecule has 4 heterocycles. The fourth-order valence-corrected chi connectivity index (χ4v) is 3.71. The van der Waals surface area contributed by atoms with E-state index in [9.17, 15) is 4.79 Å². The van der Waals surface area contributed by atoms with E-state index in [4.69, 9.17) is 13.9 Å². The van der Waals surface area contributed by atoms with Crippen molar-refractivity contribution in [1.29, 1.82) is 0 Å². The number of ether oxygens (including phenoxy) is 2. The maximum Gasteiger partial charge on any atom is 0.289 e. The predicted octanol–water partition coefficient (Wildman–Crippen LogP) is 2.65. The van der Waals surface area contributed by atoms with Gasteiger partial charge in [0, 0.05) is 18.9 Å². The Balaban J connectivity index is 1.27. The molecule has 0 spiro atoms. The molecule has 2 fully saturated rings. The van der Waals surface area contributed by atoms with Gasteiger partial charge in [-0.05, 0) is 43.0 Å². The number of aromatic nitrogens is 1. The van der Waals surface area contributed by atoms with Gasteiger partial charge in [-0.3, -0.25) is 9.78 Å². The lowest BCUT2D eigenvalue weighted by Gasteiger charge is -2.35. The van der Waals surface area contributed by atoms with Crippen molar-refractivity contribution in [3.05, 3.63) is 54.2 Å². The molecule has 6 nitrogen and oxygen atoms in total. The van der Waals surface area contributed by atoms with Crippen molar-refractivity contribution in [2.45, 2.75) is 44.1 Å². The number of fused-ring (bicyclic) bond motifs is 1. The van der Waals surface area contributed by atoms with Crippen molar-refractivity contribution < 1.29 is 18.7 Å². The molecule has 0 saturated carbocycles. The van der Waals surface area contributed by atoms with E-state index >= 15 is 0 Å². The smallest absolute Gasteiger partial charge is 0.289 e. The quantitative estimate of drug-likeness (QED) is 0.836. The first kappa shape index (κ1) is 16.3. The second-order valence-corrected chi connectivity index (χ2v) is 6.58. The predicted molar refractivity (Wildman–Crippen MR) is 89.9 cm³/mol. The van der Waals surface area contributed by atoms with Crippen LogP contribution in [0.1, 0.15) is 35.4 Å². The van der Waals surface area contributed by atoms with Crippen molar-refractivity contribution in [2.24, 2.45) is 0 Å². The minimum absolute atomic E-state index is 0.0348. The van der Waals surface area contributed by atoms with Crippen molar-refractivity contribution in [3.8, 4) is 0 Å². The van der Waals surface area contributed by atoms with Crippen LogP contribution >= 0.6 is 0 Å². The van der Waals surface area contributed by atoms with Gasteiger partial charge < -0.3 is 18.8 Å². The Hall–Kier alpha value is -2.18. The van der Waals surface area contributed by atoms with E-state index in [1.165, 1.54) is 6.26 Å². The zero-order chi connectivity index (χ0) is 17.1. The van der Waals surface area contributed by atoms with Crippen molar-refractivity contribution in [2.75, 3.05) is 13.2 Å². The number of carbonyl (C=O) groups excluding carboxylic acids is 1. The molecule has 132 valence electrons. The molecular formula is C19H22N2O4. The van der Waals surface area contributed by atoms with Gasteiger partial charge in [0.05, 0.1) is 37.7 Å². The molecule has 1 amide bonds. The van der Waals surface area contributed by atoms with E-state index in [-0.39, 0.29) is 24.2 Å². The van der Waals surface area contributed by atoms with Gasteiger partial charge in [-0.25, -0.2) is 0 Å². The maximum atomic E-state index is 12.5. The van der Waals surface area contributed by atoms with E-state index < -0.39 is 0 Å². The molecular weight excluding hydrogens is 320 g/mol. The third-order valence-electron chi connectivity index (χ3n) is 4.92. The van der Waals surface area contributed by atoms with Crippen molar-refractivity contribution in [1.82, 2.24) is 9.88 Å². The first-order chi connectivity index (χ1) is 12.3. The molecule has 6 heteroatoms. The van der Waals surface area contributed by atoms with Crippen LogP contribution in [-0.2, 0) is 16.1 Å². The van der Waals surface area contributed by atoms with Crippen LogP contribution in [0, 0.1) is 0 Å². The molecule has 0 radical (unpaired) electrons. The summed E-state index contributed by atoms with van der Waals surface area (Å²) >= 11 is 0. The third kappa shape index (κ3) is 3.60. The van der Waals surface area contributed by atoms with Crippen LogP contribution in [-0.4, -0.2) is 47.2 Å². The SMILES string of the molecule is O=C(c1ccco1)N1CC[C@@H]2OC(COCc3cccnc3)CC[C@@H]21. The Bertz CT molecular complexity index is 689.